The molecule has 1 atom stereocenters. The summed E-state index contributed by atoms with van der Waals surface area (Å²) in [5, 5.41) is 7.26. The van der Waals surface area contributed by atoms with E-state index in [0.29, 0.717) is 6.04 Å². The monoisotopic (exact) mass is 288 g/mol. The summed E-state index contributed by atoms with van der Waals surface area (Å²) in [6.07, 6.45) is 7.43. The van der Waals surface area contributed by atoms with Crippen LogP contribution in [0.25, 0.3) is 0 Å². The van der Waals surface area contributed by atoms with Gasteiger partial charge in [-0.3, -0.25) is 0 Å². The first-order valence-electron chi connectivity index (χ1n) is 8.68. The van der Waals surface area contributed by atoms with E-state index in [9.17, 15) is 0 Å². The van der Waals surface area contributed by atoms with Crippen molar-refractivity contribution in [1.29, 1.82) is 0 Å². The first-order chi connectivity index (χ1) is 10.1. The summed E-state index contributed by atoms with van der Waals surface area (Å²) in [4.78, 5) is 0. The third-order valence-electron chi connectivity index (χ3n) is 4.59. The highest BCUT2D eigenvalue weighted by molar-refractivity contribution is 5.70. The third-order valence-corrected chi connectivity index (χ3v) is 4.59. The van der Waals surface area contributed by atoms with E-state index in [2.05, 4.69) is 51.4 Å². The summed E-state index contributed by atoms with van der Waals surface area (Å²) >= 11 is 0. The first-order valence-corrected chi connectivity index (χ1v) is 8.68. The van der Waals surface area contributed by atoms with Gasteiger partial charge in [-0.15, -0.1) is 0 Å². The van der Waals surface area contributed by atoms with E-state index >= 15 is 0 Å². The molecule has 2 rings (SSSR count). The number of hydrogen-bond donors (Lipinski definition) is 2. The van der Waals surface area contributed by atoms with Gasteiger partial charge in [-0.2, -0.15) is 0 Å². The standard InChI is InChI=1S/C19H32N2/c1-6-15-12-18(21-14(4)11-13(2)3)16-9-7-8-10-17(16)19(15)20-5/h12-14,20-21H,6-11H2,1-5H3. The van der Waals surface area contributed by atoms with Crippen molar-refractivity contribution in [3.63, 3.8) is 0 Å². The molecule has 0 bridgehead atoms. The van der Waals surface area contributed by atoms with Crippen molar-refractivity contribution < 1.29 is 0 Å². The molecule has 1 aliphatic rings. The molecule has 1 unspecified atom stereocenters. The second kappa shape index (κ2) is 7.20. The Labute approximate surface area is 130 Å². The molecule has 0 radical (unpaired) electrons. The van der Waals surface area contributed by atoms with Crippen LogP contribution in [-0.4, -0.2) is 13.1 Å². The zero-order valence-electron chi connectivity index (χ0n) is 14.5. The Morgan fingerprint density at radius 3 is 2.33 bits per heavy atom. The summed E-state index contributed by atoms with van der Waals surface area (Å²) in [6.45, 7) is 9.17. The zero-order valence-corrected chi connectivity index (χ0v) is 14.5. The lowest BCUT2D eigenvalue weighted by molar-refractivity contribution is 0.539. The molecule has 0 heterocycles. The van der Waals surface area contributed by atoms with Crippen LogP contribution in [0.4, 0.5) is 11.4 Å². The van der Waals surface area contributed by atoms with Crippen LogP contribution >= 0.6 is 0 Å². The maximum Gasteiger partial charge on any atom is 0.0406 e. The topological polar surface area (TPSA) is 24.1 Å². The van der Waals surface area contributed by atoms with Crippen LogP contribution in [0.15, 0.2) is 6.07 Å². The average molecular weight is 288 g/mol. The van der Waals surface area contributed by atoms with E-state index in [4.69, 9.17) is 0 Å². The van der Waals surface area contributed by atoms with Crippen molar-refractivity contribution in [2.75, 3.05) is 17.7 Å². The van der Waals surface area contributed by atoms with Crippen molar-refractivity contribution in [1.82, 2.24) is 0 Å². The second-order valence-corrected chi connectivity index (χ2v) is 6.90. The molecule has 1 aromatic rings. The fraction of sp³-hybridized carbons (Fsp3) is 0.684. The molecular weight excluding hydrogens is 256 g/mol. The smallest absolute Gasteiger partial charge is 0.0406 e. The molecule has 1 aromatic carbocycles. The largest absolute Gasteiger partial charge is 0.388 e. The molecule has 2 heteroatoms. The minimum absolute atomic E-state index is 0.543. The van der Waals surface area contributed by atoms with Crippen LogP contribution < -0.4 is 10.6 Å². The van der Waals surface area contributed by atoms with E-state index in [0.717, 1.165) is 12.3 Å². The molecule has 0 spiro atoms. The Bertz CT molecular complexity index is 477. The summed E-state index contributed by atoms with van der Waals surface area (Å²) in [5.74, 6) is 0.741. The van der Waals surface area contributed by atoms with E-state index < -0.39 is 0 Å². The number of anilines is 2. The Hall–Kier alpha value is -1.18. The van der Waals surface area contributed by atoms with Gasteiger partial charge >= 0.3 is 0 Å². The molecule has 0 amide bonds. The fourth-order valence-electron chi connectivity index (χ4n) is 3.76. The Morgan fingerprint density at radius 2 is 1.76 bits per heavy atom. The molecule has 0 saturated carbocycles. The molecule has 0 fully saturated rings. The molecule has 118 valence electrons. The van der Waals surface area contributed by atoms with E-state index in [1.54, 1.807) is 11.1 Å². The summed E-state index contributed by atoms with van der Waals surface area (Å²) in [6, 6.07) is 2.94. The number of nitrogens with one attached hydrogen (secondary N) is 2. The highest BCUT2D eigenvalue weighted by atomic mass is 14.9. The van der Waals surface area contributed by atoms with Crippen molar-refractivity contribution in [3.05, 3.63) is 22.8 Å². The van der Waals surface area contributed by atoms with Crippen molar-refractivity contribution in [2.45, 2.75) is 72.3 Å². The van der Waals surface area contributed by atoms with Gasteiger partial charge in [0.1, 0.15) is 0 Å². The summed E-state index contributed by atoms with van der Waals surface area (Å²) < 4.78 is 0. The summed E-state index contributed by atoms with van der Waals surface area (Å²) in [7, 11) is 2.07. The van der Waals surface area contributed by atoms with Gasteiger partial charge in [-0.1, -0.05) is 20.8 Å². The molecule has 1 aliphatic carbocycles. The van der Waals surface area contributed by atoms with Crippen LogP contribution in [0, 0.1) is 5.92 Å². The molecule has 2 nitrogen and oxygen atoms in total. The summed E-state index contributed by atoms with van der Waals surface area (Å²) in [5.41, 5.74) is 7.39. The number of hydrogen-bond acceptors (Lipinski definition) is 2. The normalized spacial score (nSPS) is 15.7. The Kier molecular flexibility index (Phi) is 5.55. The van der Waals surface area contributed by atoms with Gasteiger partial charge < -0.3 is 10.6 Å². The minimum Gasteiger partial charge on any atom is -0.388 e. The Morgan fingerprint density at radius 1 is 1.10 bits per heavy atom. The van der Waals surface area contributed by atoms with Gasteiger partial charge in [0.25, 0.3) is 0 Å². The minimum atomic E-state index is 0.543. The number of aryl methyl sites for hydroxylation is 1. The third kappa shape index (κ3) is 3.72. The SMILES string of the molecule is CCc1cc(NC(C)CC(C)C)c2c(c1NC)CCCC2. The average Bonchev–Trinajstić information content (AvgIpc) is 2.46. The quantitative estimate of drug-likeness (QED) is 0.768. The van der Waals surface area contributed by atoms with Gasteiger partial charge in [0.05, 0.1) is 0 Å². The van der Waals surface area contributed by atoms with Crippen molar-refractivity contribution >= 4 is 11.4 Å². The highest BCUT2D eigenvalue weighted by Crippen LogP contribution is 2.37. The number of benzene rings is 1. The van der Waals surface area contributed by atoms with E-state index in [1.165, 1.54) is 49.0 Å². The van der Waals surface area contributed by atoms with Crippen LogP contribution in [-0.2, 0) is 19.3 Å². The van der Waals surface area contributed by atoms with Gasteiger partial charge in [-0.05, 0) is 74.1 Å². The van der Waals surface area contributed by atoms with Gasteiger partial charge in [0.2, 0.25) is 0 Å². The van der Waals surface area contributed by atoms with Gasteiger partial charge in [-0.25, -0.2) is 0 Å². The van der Waals surface area contributed by atoms with Crippen molar-refractivity contribution in [2.24, 2.45) is 5.92 Å². The maximum absolute atomic E-state index is 3.80. The molecule has 2 N–H and O–H groups in total. The van der Waals surface area contributed by atoms with Crippen LogP contribution in [0.5, 0.6) is 0 Å². The number of rotatable bonds is 6. The lowest BCUT2D eigenvalue weighted by Gasteiger charge is -2.27. The van der Waals surface area contributed by atoms with Crippen molar-refractivity contribution in [3.8, 4) is 0 Å². The molecule has 21 heavy (non-hydrogen) atoms. The lowest BCUT2D eigenvalue weighted by Crippen LogP contribution is -2.20. The molecule has 0 saturated heterocycles. The van der Waals surface area contributed by atoms with Crippen LogP contribution in [0.3, 0.4) is 0 Å². The second-order valence-electron chi connectivity index (χ2n) is 6.90. The molecule has 0 aromatic heterocycles. The zero-order chi connectivity index (χ0) is 15.4. The first kappa shape index (κ1) is 16.2. The Balaban J connectivity index is 2.36. The predicted octanol–water partition coefficient (Wildman–Crippen LogP) is 5.02. The maximum atomic E-state index is 3.80. The fourth-order valence-corrected chi connectivity index (χ4v) is 3.76. The number of fused-ring (bicyclic) bond motifs is 1. The highest BCUT2D eigenvalue weighted by Gasteiger charge is 2.20. The van der Waals surface area contributed by atoms with Gasteiger partial charge in [0, 0.05) is 24.5 Å². The van der Waals surface area contributed by atoms with Crippen LogP contribution in [0.2, 0.25) is 0 Å². The van der Waals surface area contributed by atoms with E-state index in [1.807, 2.05) is 0 Å². The lowest BCUT2D eigenvalue weighted by atomic mass is 9.86. The molecule has 0 aliphatic heterocycles. The predicted molar refractivity (Wildman–Crippen MR) is 94.5 cm³/mol. The van der Waals surface area contributed by atoms with E-state index in [-0.39, 0.29) is 0 Å². The van der Waals surface area contributed by atoms with Crippen LogP contribution in [0.1, 0.15) is 63.6 Å². The van der Waals surface area contributed by atoms with Gasteiger partial charge in [0.15, 0.2) is 0 Å². The molecular formula is C19H32N2.